The first kappa shape index (κ1) is 14.8. The summed E-state index contributed by atoms with van der Waals surface area (Å²) in [4.78, 5) is 2.26. The molecule has 4 heteroatoms. The lowest BCUT2D eigenvalue weighted by molar-refractivity contribution is -0.0166. The van der Waals surface area contributed by atoms with Crippen molar-refractivity contribution in [3.63, 3.8) is 0 Å². The number of β-amino-alcohol motifs (C(OH)–C–C–N with tert-alkyl or cyclic N) is 1. The third kappa shape index (κ3) is 3.94. The van der Waals surface area contributed by atoms with E-state index in [1.54, 1.807) is 0 Å². The summed E-state index contributed by atoms with van der Waals surface area (Å²) in [5, 5.41) is 9.99. The maximum Gasteiger partial charge on any atom is 0.0900 e. The number of morpholine rings is 1. The molecule has 3 fully saturated rings. The molecule has 2 aliphatic carbocycles. The van der Waals surface area contributed by atoms with Crippen LogP contribution >= 0.6 is 0 Å². The summed E-state index contributed by atoms with van der Waals surface area (Å²) in [5.41, 5.74) is 0. The van der Waals surface area contributed by atoms with Gasteiger partial charge in [-0.05, 0) is 43.4 Å². The lowest BCUT2D eigenvalue weighted by Crippen LogP contribution is -2.42. The molecule has 0 aromatic heterocycles. The summed E-state index contributed by atoms with van der Waals surface area (Å²) in [6.07, 6.45) is 6.68. The summed E-state index contributed by atoms with van der Waals surface area (Å²) in [6.45, 7) is 5.48. The topological polar surface area (TPSA) is 41.9 Å². The molecule has 4 nitrogen and oxygen atoms in total. The third-order valence-corrected chi connectivity index (χ3v) is 5.40. The van der Waals surface area contributed by atoms with Crippen LogP contribution in [0.2, 0.25) is 0 Å². The normalized spacial score (nSPS) is 35.5. The van der Waals surface area contributed by atoms with E-state index in [1.165, 1.54) is 32.1 Å². The number of aliphatic hydroxyl groups excluding tert-OH is 1. The molecule has 2 saturated carbocycles. The van der Waals surface area contributed by atoms with Gasteiger partial charge in [-0.2, -0.15) is 0 Å². The van der Waals surface area contributed by atoms with Crippen LogP contribution in [0.3, 0.4) is 0 Å². The van der Waals surface area contributed by atoms with Crippen LogP contribution in [0, 0.1) is 17.8 Å². The smallest absolute Gasteiger partial charge is 0.0900 e. The minimum Gasteiger partial charge on any atom is -0.389 e. The predicted molar refractivity (Wildman–Crippen MR) is 77.6 cm³/mol. The second kappa shape index (κ2) is 7.21. The monoisotopic (exact) mass is 283 g/mol. The largest absolute Gasteiger partial charge is 0.389 e. The summed E-state index contributed by atoms with van der Waals surface area (Å²) >= 11 is 0. The zero-order valence-corrected chi connectivity index (χ0v) is 12.5. The molecule has 1 aliphatic heterocycles. The van der Waals surface area contributed by atoms with E-state index >= 15 is 0 Å². The fourth-order valence-corrected chi connectivity index (χ4v) is 4.32. The van der Waals surface area contributed by atoms with Crippen LogP contribution in [0.15, 0.2) is 0 Å². The molecule has 0 aromatic rings. The van der Waals surface area contributed by atoms with Gasteiger partial charge in [-0.1, -0.05) is 6.42 Å². The Balaban J connectivity index is 1.24. The minimum absolute atomic E-state index is 0.354. The van der Waals surface area contributed by atoms with Gasteiger partial charge < -0.3 is 14.6 Å². The number of rotatable bonds is 7. The second-order valence-electron chi connectivity index (χ2n) is 6.87. The average Bonchev–Trinajstić information content (AvgIpc) is 3.07. The number of aliphatic hydroxyl groups is 1. The Morgan fingerprint density at radius 1 is 1.20 bits per heavy atom. The van der Waals surface area contributed by atoms with Crippen molar-refractivity contribution in [3.05, 3.63) is 0 Å². The highest BCUT2D eigenvalue weighted by molar-refractivity contribution is 4.89. The van der Waals surface area contributed by atoms with Crippen LogP contribution in [-0.4, -0.2) is 62.2 Å². The first-order valence-electron chi connectivity index (χ1n) is 8.37. The molecule has 1 N–H and O–H groups in total. The van der Waals surface area contributed by atoms with E-state index in [-0.39, 0.29) is 6.10 Å². The molecule has 0 amide bonds. The van der Waals surface area contributed by atoms with Crippen LogP contribution in [0.25, 0.3) is 0 Å². The Bertz CT molecular complexity index is 293. The van der Waals surface area contributed by atoms with Crippen molar-refractivity contribution in [2.24, 2.45) is 17.8 Å². The third-order valence-electron chi connectivity index (χ3n) is 5.40. The van der Waals surface area contributed by atoms with Crippen molar-refractivity contribution in [2.75, 3.05) is 46.1 Å². The molecular weight excluding hydrogens is 254 g/mol. The van der Waals surface area contributed by atoms with E-state index < -0.39 is 0 Å². The van der Waals surface area contributed by atoms with E-state index in [0.717, 1.165) is 57.2 Å². The van der Waals surface area contributed by atoms with Crippen LogP contribution < -0.4 is 0 Å². The van der Waals surface area contributed by atoms with Crippen molar-refractivity contribution in [2.45, 2.75) is 38.2 Å². The Morgan fingerprint density at radius 3 is 2.75 bits per heavy atom. The molecule has 1 saturated heterocycles. The molecule has 3 aliphatic rings. The van der Waals surface area contributed by atoms with Gasteiger partial charge in [0, 0.05) is 26.2 Å². The lowest BCUT2D eigenvalue weighted by Gasteiger charge is -2.28. The van der Waals surface area contributed by atoms with Crippen LogP contribution in [0.4, 0.5) is 0 Å². The van der Waals surface area contributed by atoms with Crippen LogP contribution in [-0.2, 0) is 9.47 Å². The van der Waals surface area contributed by atoms with Gasteiger partial charge in [-0.3, -0.25) is 4.90 Å². The van der Waals surface area contributed by atoms with Crippen LogP contribution in [0.5, 0.6) is 0 Å². The number of hydrogen-bond acceptors (Lipinski definition) is 4. The van der Waals surface area contributed by atoms with Gasteiger partial charge >= 0.3 is 0 Å². The van der Waals surface area contributed by atoms with Gasteiger partial charge in [-0.15, -0.1) is 0 Å². The van der Waals surface area contributed by atoms with Crippen molar-refractivity contribution in [1.29, 1.82) is 0 Å². The van der Waals surface area contributed by atoms with Crippen molar-refractivity contribution in [3.8, 4) is 0 Å². The highest BCUT2D eigenvalue weighted by atomic mass is 16.5. The van der Waals surface area contributed by atoms with Crippen molar-refractivity contribution < 1.29 is 14.6 Å². The molecule has 0 aromatic carbocycles. The molecule has 0 spiro atoms. The maximum atomic E-state index is 9.99. The quantitative estimate of drug-likeness (QED) is 0.719. The van der Waals surface area contributed by atoms with Crippen molar-refractivity contribution in [1.82, 2.24) is 4.90 Å². The van der Waals surface area contributed by atoms with Crippen LogP contribution in [0.1, 0.15) is 32.1 Å². The Morgan fingerprint density at radius 2 is 2.05 bits per heavy atom. The van der Waals surface area contributed by atoms with E-state index in [9.17, 15) is 5.11 Å². The predicted octanol–water partition coefficient (Wildman–Crippen LogP) is 1.52. The molecule has 20 heavy (non-hydrogen) atoms. The van der Waals surface area contributed by atoms with E-state index in [0.29, 0.717) is 6.61 Å². The molecule has 1 heterocycles. The Labute approximate surface area is 122 Å². The molecule has 2 bridgehead atoms. The minimum atomic E-state index is -0.354. The summed E-state index contributed by atoms with van der Waals surface area (Å²) in [5.74, 6) is 2.92. The fraction of sp³-hybridized carbons (Fsp3) is 1.00. The molecule has 0 unspecified atom stereocenters. The van der Waals surface area contributed by atoms with Crippen molar-refractivity contribution >= 4 is 0 Å². The Kier molecular flexibility index (Phi) is 5.32. The molecule has 116 valence electrons. The zero-order valence-electron chi connectivity index (χ0n) is 12.5. The molecule has 0 radical (unpaired) electrons. The first-order chi connectivity index (χ1) is 9.81. The van der Waals surface area contributed by atoms with Gasteiger partial charge in [0.25, 0.3) is 0 Å². The van der Waals surface area contributed by atoms with Gasteiger partial charge in [0.05, 0.1) is 25.9 Å². The number of hydrogen-bond donors (Lipinski definition) is 1. The number of ether oxygens (including phenoxy) is 2. The maximum absolute atomic E-state index is 9.99. The van der Waals surface area contributed by atoms with E-state index in [4.69, 9.17) is 9.47 Å². The van der Waals surface area contributed by atoms with Gasteiger partial charge in [0.2, 0.25) is 0 Å². The second-order valence-corrected chi connectivity index (χ2v) is 6.87. The Hall–Kier alpha value is -0.160. The van der Waals surface area contributed by atoms with E-state index in [1.807, 2.05) is 0 Å². The van der Waals surface area contributed by atoms with Gasteiger partial charge in [-0.25, -0.2) is 0 Å². The standard InChI is InChI=1S/C16H29NO3/c18-16(11-17-4-7-19-8-5-17)12-20-6-3-15-10-13-1-2-14(15)9-13/h13-16,18H,1-12H2/t13-,14-,15-,16-/m0/s1. The lowest BCUT2D eigenvalue weighted by atomic mass is 9.87. The number of nitrogens with zero attached hydrogens (tertiary/aromatic N) is 1. The van der Waals surface area contributed by atoms with E-state index in [2.05, 4.69) is 4.90 Å². The molecular formula is C16H29NO3. The SMILES string of the molecule is O[C@H](COCC[C@H]1C[C@H]2CC[C@H]1C2)CN1CCOCC1. The van der Waals surface area contributed by atoms with Gasteiger partial charge in [0.15, 0.2) is 0 Å². The average molecular weight is 283 g/mol. The molecule has 4 atom stereocenters. The first-order valence-corrected chi connectivity index (χ1v) is 8.37. The zero-order chi connectivity index (χ0) is 13.8. The molecule has 3 rings (SSSR count). The number of fused-ring (bicyclic) bond motifs is 2. The highest BCUT2D eigenvalue weighted by Crippen LogP contribution is 2.49. The summed E-state index contributed by atoms with van der Waals surface area (Å²) in [6, 6.07) is 0. The summed E-state index contributed by atoms with van der Waals surface area (Å²) < 4.78 is 11.0. The summed E-state index contributed by atoms with van der Waals surface area (Å²) in [7, 11) is 0. The van der Waals surface area contributed by atoms with Gasteiger partial charge in [0.1, 0.15) is 0 Å². The highest BCUT2D eigenvalue weighted by Gasteiger charge is 2.38. The fourth-order valence-electron chi connectivity index (χ4n) is 4.32.